The molecule has 0 bridgehead atoms. The molecule has 124 valence electrons. The maximum absolute atomic E-state index is 13.0. The molecule has 0 N–H and O–H groups in total. The highest BCUT2D eigenvalue weighted by molar-refractivity contribution is 5.81. The second kappa shape index (κ2) is 6.20. The first-order chi connectivity index (χ1) is 12.2. The average Bonchev–Trinajstić information content (AvgIpc) is 3.24. The summed E-state index contributed by atoms with van der Waals surface area (Å²) in [6.45, 7) is 0. The van der Waals surface area contributed by atoms with Crippen LogP contribution in [0.25, 0.3) is 11.5 Å². The van der Waals surface area contributed by atoms with Crippen LogP contribution in [-0.2, 0) is 0 Å². The molecule has 0 unspecified atom stereocenters. The number of rotatable bonds is 4. The lowest BCUT2D eigenvalue weighted by molar-refractivity contribution is 0.415. The maximum atomic E-state index is 13.0. The lowest BCUT2D eigenvalue weighted by atomic mass is 10.2. The van der Waals surface area contributed by atoms with Crippen LogP contribution in [0.2, 0.25) is 0 Å². The monoisotopic (exact) mass is 335 g/mol. The Bertz CT molecular complexity index is 1030. The molecule has 0 saturated carbocycles. The van der Waals surface area contributed by atoms with Gasteiger partial charge in [0.2, 0.25) is 5.78 Å². The number of aromatic nitrogens is 4. The fourth-order valence-electron chi connectivity index (χ4n) is 2.50. The van der Waals surface area contributed by atoms with Crippen molar-refractivity contribution < 1.29 is 9.13 Å². The number of nitrogens with zero attached hydrogens (tertiary/aromatic N) is 5. The normalized spacial score (nSPS) is 11.4. The first-order valence-electron chi connectivity index (χ1n) is 7.60. The molecular weight excluding hydrogens is 321 g/mol. The minimum Gasteiger partial charge on any atom is -0.497 e. The Morgan fingerprint density at radius 1 is 1.08 bits per heavy atom. The number of hydrogen-bond donors (Lipinski definition) is 0. The van der Waals surface area contributed by atoms with Crippen LogP contribution in [0.4, 0.5) is 10.2 Å². The summed E-state index contributed by atoms with van der Waals surface area (Å²) in [5, 5.41) is 4.21. The molecule has 2 aromatic carbocycles. The number of ether oxygens (including phenoxy) is 1. The van der Waals surface area contributed by atoms with Crippen molar-refractivity contribution in [1.82, 2.24) is 19.2 Å². The number of imidazole rings is 1. The van der Waals surface area contributed by atoms with Gasteiger partial charge in [0, 0.05) is 11.9 Å². The van der Waals surface area contributed by atoms with Gasteiger partial charge in [-0.2, -0.15) is 14.6 Å². The van der Waals surface area contributed by atoms with E-state index in [2.05, 4.69) is 15.1 Å². The molecule has 7 heteroatoms. The van der Waals surface area contributed by atoms with Gasteiger partial charge in [0.25, 0.3) is 0 Å². The molecule has 6 nitrogen and oxygen atoms in total. The number of fused-ring (bicyclic) bond motifs is 1. The highest BCUT2D eigenvalue weighted by atomic mass is 19.1. The molecule has 25 heavy (non-hydrogen) atoms. The molecule has 0 fully saturated rings. The quantitative estimate of drug-likeness (QED) is 0.537. The standard InChI is InChI=1S/C18H14FN5O/c1-25-16-8-6-15(7-9-16)23-11-17(24-18(23)21-12-22-24)20-10-13-2-4-14(19)5-3-13/h2-12H,1H3/b20-10+. The van der Waals surface area contributed by atoms with Crippen molar-refractivity contribution in [1.29, 1.82) is 0 Å². The third-order valence-electron chi connectivity index (χ3n) is 3.77. The number of methoxy groups -OCH3 is 1. The SMILES string of the molecule is COc1ccc(-n2cc(/N=C/c3ccc(F)cc3)n3ncnc23)cc1. The number of aliphatic imine (C=N–C) groups is 1. The fraction of sp³-hybridized carbons (Fsp3) is 0.0556. The molecule has 0 saturated heterocycles. The van der Waals surface area contributed by atoms with Crippen molar-refractivity contribution in [3.8, 4) is 11.4 Å². The smallest absolute Gasteiger partial charge is 0.239 e. The largest absolute Gasteiger partial charge is 0.497 e. The molecule has 0 spiro atoms. The molecule has 0 aliphatic heterocycles. The highest BCUT2D eigenvalue weighted by Gasteiger charge is 2.11. The predicted molar refractivity (Wildman–Crippen MR) is 92.5 cm³/mol. The molecule has 4 rings (SSSR count). The average molecular weight is 335 g/mol. The Morgan fingerprint density at radius 3 is 2.56 bits per heavy atom. The lowest BCUT2D eigenvalue weighted by Crippen LogP contribution is -1.93. The van der Waals surface area contributed by atoms with Gasteiger partial charge >= 0.3 is 0 Å². The Hall–Kier alpha value is -3.48. The van der Waals surface area contributed by atoms with Crippen molar-refractivity contribution in [3.63, 3.8) is 0 Å². The van der Waals surface area contributed by atoms with Crippen molar-refractivity contribution in [2.24, 2.45) is 4.99 Å². The van der Waals surface area contributed by atoms with Crippen molar-refractivity contribution in [2.75, 3.05) is 7.11 Å². The molecule has 0 amide bonds. The van der Waals surface area contributed by atoms with Crippen molar-refractivity contribution in [3.05, 3.63) is 72.4 Å². The van der Waals surface area contributed by atoms with Gasteiger partial charge in [-0.15, -0.1) is 0 Å². The Balaban J connectivity index is 1.73. The van der Waals surface area contributed by atoms with E-state index in [0.717, 1.165) is 17.0 Å². The van der Waals surface area contributed by atoms with E-state index in [1.165, 1.54) is 18.5 Å². The van der Waals surface area contributed by atoms with E-state index in [0.29, 0.717) is 11.6 Å². The van der Waals surface area contributed by atoms with E-state index >= 15 is 0 Å². The van der Waals surface area contributed by atoms with Gasteiger partial charge in [-0.25, -0.2) is 9.38 Å². The molecule has 4 aromatic rings. The molecule has 0 aliphatic rings. The topological polar surface area (TPSA) is 56.7 Å². The van der Waals surface area contributed by atoms with Gasteiger partial charge in [-0.1, -0.05) is 12.1 Å². The minimum atomic E-state index is -0.276. The summed E-state index contributed by atoms with van der Waals surface area (Å²) in [4.78, 5) is 8.74. The maximum Gasteiger partial charge on any atom is 0.239 e. The molecule has 2 aromatic heterocycles. The van der Waals surface area contributed by atoms with Crippen LogP contribution >= 0.6 is 0 Å². The van der Waals surface area contributed by atoms with Gasteiger partial charge in [-0.05, 0) is 42.0 Å². The summed E-state index contributed by atoms with van der Waals surface area (Å²) in [6.07, 6.45) is 4.98. The summed E-state index contributed by atoms with van der Waals surface area (Å²) >= 11 is 0. The van der Waals surface area contributed by atoms with Crippen molar-refractivity contribution >= 4 is 17.8 Å². The van der Waals surface area contributed by atoms with E-state index in [1.54, 1.807) is 30.0 Å². The number of hydrogen-bond acceptors (Lipinski definition) is 4. The summed E-state index contributed by atoms with van der Waals surface area (Å²) in [7, 11) is 1.63. The Labute approximate surface area is 142 Å². The van der Waals surface area contributed by atoms with Crippen LogP contribution in [0.1, 0.15) is 5.56 Å². The lowest BCUT2D eigenvalue weighted by Gasteiger charge is -2.03. The zero-order valence-corrected chi connectivity index (χ0v) is 13.4. The number of benzene rings is 2. The van der Waals surface area contributed by atoms with Gasteiger partial charge in [-0.3, -0.25) is 4.57 Å². The van der Waals surface area contributed by atoms with Gasteiger partial charge < -0.3 is 4.74 Å². The van der Waals surface area contributed by atoms with Crippen LogP contribution < -0.4 is 4.74 Å². The third-order valence-corrected chi connectivity index (χ3v) is 3.77. The van der Waals surface area contributed by atoms with E-state index in [-0.39, 0.29) is 5.82 Å². The fourth-order valence-corrected chi connectivity index (χ4v) is 2.50. The highest BCUT2D eigenvalue weighted by Crippen LogP contribution is 2.22. The van der Waals surface area contributed by atoms with Crippen LogP contribution in [-0.4, -0.2) is 32.5 Å². The van der Waals surface area contributed by atoms with Crippen molar-refractivity contribution in [2.45, 2.75) is 0 Å². The first kappa shape index (κ1) is 15.1. The Kier molecular flexibility index (Phi) is 3.74. The van der Waals surface area contributed by atoms with Crippen LogP contribution in [0, 0.1) is 5.82 Å². The summed E-state index contributed by atoms with van der Waals surface area (Å²) in [5.41, 5.74) is 1.72. The zero-order valence-electron chi connectivity index (χ0n) is 13.4. The predicted octanol–water partition coefficient (Wildman–Crippen LogP) is 3.42. The molecular formula is C18H14FN5O. The van der Waals surface area contributed by atoms with Crippen LogP contribution in [0.3, 0.4) is 0 Å². The molecule has 0 radical (unpaired) electrons. The van der Waals surface area contributed by atoms with E-state index in [9.17, 15) is 4.39 Å². The first-order valence-corrected chi connectivity index (χ1v) is 7.60. The van der Waals surface area contributed by atoms with E-state index < -0.39 is 0 Å². The minimum absolute atomic E-state index is 0.276. The Morgan fingerprint density at radius 2 is 1.84 bits per heavy atom. The second-order valence-corrected chi connectivity index (χ2v) is 5.34. The van der Waals surface area contributed by atoms with Gasteiger partial charge in [0.15, 0.2) is 5.82 Å². The van der Waals surface area contributed by atoms with Crippen LogP contribution in [0.15, 0.2) is 66.0 Å². The summed E-state index contributed by atoms with van der Waals surface area (Å²) in [6, 6.07) is 13.7. The van der Waals surface area contributed by atoms with Crippen LogP contribution in [0.5, 0.6) is 5.75 Å². The zero-order chi connectivity index (χ0) is 17.2. The number of halogens is 1. The molecule has 0 aliphatic carbocycles. The molecule has 0 atom stereocenters. The van der Waals surface area contributed by atoms with Gasteiger partial charge in [0.05, 0.1) is 13.3 Å². The molecule has 2 heterocycles. The van der Waals surface area contributed by atoms with Gasteiger partial charge in [0.1, 0.15) is 17.9 Å². The second-order valence-electron chi connectivity index (χ2n) is 5.34. The third kappa shape index (κ3) is 2.87. The summed E-state index contributed by atoms with van der Waals surface area (Å²) in [5.74, 6) is 1.77. The summed E-state index contributed by atoms with van der Waals surface area (Å²) < 4.78 is 21.7. The van der Waals surface area contributed by atoms with E-state index in [4.69, 9.17) is 4.74 Å². The van der Waals surface area contributed by atoms with E-state index in [1.807, 2.05) is 35.0 Å².